The molecule has 0 radical (unpaired) electrons. The monoisotopic (exact) mass is 285 g/mol. The van der Waals surface area contributed by atoms with Crippen LogP contribution in [0.4, 0.5) is 4.39 Å². The summed E-state index contributed by atoms with van der Waals surface area (Å²) >= 11 is 1.82. The molecule has 4 heteroatoms. The third kappa shape index (κ3) is 7.43. The van der Waals surface area contributed by atoms with Gasteiger partial charge in [0, 0.05) is 23.9 Å². The van der Waals surface area contributed by atoms with Crippen molar-refractivity contribution in [3.8, 4) is 5.75 Å². The highest BCUT2D eigenvalue weighted by Gasteiger charge is 2.09. The molecule has 0 heterocycles. The zero-order valence-electron chi connectivity index (χ0n) is 12.3. The van der Waals surface area contributed by atoms with E-state index in [1.54, 1.807) is 6.07 Å². The van der Waals surface area contributed by atoms with Crippen LogP contribution in [0.25, 0.3) is 0 Å². The predicted molar refractivity (Wildman–Crippen MR) is 81.5 cm³/mol. The van der Waals surface area contributed by atoms with Gasteiger partial charge in [-0.25, -0.2) is 4.39 Å². The molecule has 0 amide bonds. The fourth-order valence-electron chi connectivity index (χ4n) is 1.54. The van der Waals surface area contributed by atoms with E-state index in [4.69, 9.17) is 4.74 Å². The molecule has 0 fully saturated rings. The smallest absolute Gasteiger partial charge is 0.127 e. The first kappa shape index (κ1) is 16.3. The van der Waals surface area contributed by atoms with Crippen LogP contribution < -0.4 is 10.1 Å². The Morgan fingerprint density at radius 2 is 2.00 bits per heavy atom. The summed E-state index contributed by atoms with van der Waals surface area (Å²) in [5, 5.41) is 3.34. The summed E-state index contributed by atoms with van der Waals surface area (Å²) in [5.74, 6) is 2.38. The second kappa shape index (κ2) is 7.75. The molecule has 108 valence electrons. The van der Waals surface area contributed by atoms with E-state index in [1.165, 1.54) is 6.07 Å². The van der Waals surface area contributed by atoms with Gasteiger partial charge in [-0.05, 0) is 44.2 Å². The lowest BCUT2D eigenvalue weighted by atomic mass is 10.1. The van der Waals surface area contributed by atoms with E-state index in [2.05, 4.69) is 33.0 Å². The lowest BCUT2D eigenvalue weighted by Gasteiger charge is -2.20. The van der Waals surface area contributed by atoms with Crippen molar-refractivity contribution in [2.75, 3.05) is 18.1 Å². The lowest BCUT2D eigenvalue weighted by molar-refractivity contribution is 0.341. The summed E-state index contributed by atoms with van der Waals surface area (Å²) in [5.41, 5.74) is 0.929. The summed E-state index contributed by atoms with van der Waals surface area (Å²) in [4.78, 5) is 0. The Labute approximate surface area is 120 Å². The number of rotatable bonds is 7. The Bertz CT molecular complexity index is 390. The molecule has 1 aromatic carbocycles. The van der Waals surface area contributed by atoms with E-state index in [1.807, 2.05) is 17.8 Å². The topological polar surface area (TPSA) is 21.3 Å². The fraction of sp³-hybridized carbons (Fsp3) is 0.600. The van der Waals surface area contributed by atoms with Crippen LogP contribution in [0.5, 0.6) is 5.75 Å². The van der Waals surface area contributed by atoms with Crippen molar-refractivity contribution in [2.45, 2.75) is 39.8 Å². The van der Waals surface area contributed by atoms with Gasteiger partial charge in [0.05, 0.1) is 6.61 Å². The summed E-state index contributed by atoms with van der Waals surface area (Å²) < 4.78 is 19.1. The SMILES string of the molecule is CCSCCOc1cc(F)cc(CNC(C)(C)C)c1. The molecule has 1 N–H and O–H groups in total. The van der Waals surface area contributed by atoms with Gasteiger partial charge in [-0.2, -0.15) is 11.8 Å². The zero-order valence-corrected chi connectivity index (χ0v) is 13.1. The van der Waals surface area contributed by atoms with E-state index in [9.17, 15) is 4.39 Å². The van der Waals surface area contributed by atoms with E-state index in [0.717, 1.165) is 17.1 Å². The van der Waals surface area contributed by atoms with E-state index >= 15 is 0 Å². The van der Waals surface area contributed by atoms with Crippen LogP contribution in [0.2, 0.25) is 0 Å². The largest absolute Gasteiger partial charge is 0.493 e. The number of hydrogen-bond donors (Lipinski definition) is 1. The minimum absolute atomic E-state index is 0.0190. The van der Waals surface area contributed by atoms with E-state index in [0.29, 0.717) is 18.9 Å². The van der Waals surface area contributed by atoms with Crippen molar-refractivity contribution in [1.82, 2.24) is 5.32 Å². The molecule has 2 nitrogen and oxygen atoms in total. The summed E-state index contributed by atoms with van der Waals surface area (Å²) in [6, 6.07) is 4.89. The molecule has 0 spiro atoms. The van der Waals surface area contributed by atoms with Crippen molar-refractivity contribution < 1.29 is 9.13 Å². The van der Waals surface area contributed by atoms with Gasteiger partial charge >= 0.3 is 0 Å². The average Bonchev–Trinajstić information content (AvgIpc) is 2.31. The highest BCUT2D eigenvalue weighted by molar-refractivity contribution is 7.99. The van der Waals surface area contributed by atoms with E-state index < -0.39 is 0 Å². The first-order chi connectivity index (χ1) is 8.90. The maximum atomic E-state index is 13.5. The van der Waals surface area contributed by atoms with Gasteiger partial charge in [0.15, 0.2) is 0 Å². The van der Waals surface area contributed by atoms with Gasteiger partial charge in [0.2, 0.25) is 0 Å². The van der Waals surface area contributed by atoms with Crippen molar-refractivity contribution >= 4 is 11.8 Å². The zero-order chi connectivity index (χ0) is 14.3. The Hall–Kier alpha value is -0.740. The van der Waals surface area contributed by atoms with Crippen molar-refractivity contribution in [3.63, 3.8) is 0 Å². The van der Waals surface area contributed by atoms with Crippen LogP contribution >= 0.6 is 11.8 Å². The molecule has 0 aliphatic carbocycles. The number of benzene rings is 1. The molecular weight excluding hydrogens is 261 g/mol. The number of hydrogen-bond acceptors (Lipinski definition) is 3. The van der Waals surface area contributed by atoms with Gasteiger partial charge < -0.3 is 10.1 Å². The minimum Gasteiger partial charge on any atom is -0.493 e. The first-order valence-electron chi connectivity index (χ1n) is 6.66. The van der Waals surface area contributed by atoms with Gasteiger partial charge in [0.1, 0.15) is 11.6 Å². The molecule has 0 bridgehead atoms. The molecule has 0 atom stereocenters. The maximum absolute atomic E-state index is 13.5. The van der Waals surface area contributed by atoms with Crippen LogP contribution in [0.3, 0.4) is 0 Å². The molecular formula is C15H24FNOS. The Morgan fingerprint density at radius 1 is 1.26 bits per heavy atom. The Kier molecular flexibility index (Phi) is 6.66. The van der Waals surface area contributed by atoms with Crippen LogP contribution in [0.1, 0.15) is 33.3 Å². The molecule has 0 saturated heterocycles. The average molecular weight is 285 g/mol. The maximum Gasteiger partial charge on any atom is 0.127 e. The van der Waals surface area contributed by atoms with Crippen molar-refractivity contribution in [2.24, 2.45) is 0 Å². The predicted octanol–water partition coefficient (Wildman–Crippen LogP) is 3.85. The summed E-state index contributed by atoms with van der Waals surface area (Å²) in [6.45, 7) is 9.64. The van der Waals surface area contributed by atoms with Crippen molar-refractivity contribution in [3.05, 3.63) is 29.6 Å². The highest BCUT2D eigenvalue weighted by Crippen LogP contribution is 2.17. The number of halogens is 1. The minimum atomic E-state index is -0.244. The summed E-state index contributed by atoms with van der Waals surface area (Å²) in [7, 11) is 0. The quantitative estimate of drug-likeness (QED) is 0.769. The second-order valence-corrected chi connectivity index (χ2v) is 6.84. The number of thioether (sulfide) groups is 1. The van der Waals surface area contributed by atoms with Gasteiger partial charge in [0.25, 0.3) is 0 Å². The van der Waals surface area contributed by atoms with E-state index in [-0.39, 0.29) is 11.4 Å². The second-order valence-electron chi connectivity index (χ2n) is 5.44. The van der Waals surface area contributed by atoms with Gasteiger partial charge in [-0.3, -0.25) is 0 Å². The molecule has 0 aromatic heterocycles. The normalized spacial score (nSPS) is 11.6. The molecule has 1 aromatic rings. The van der Waals surface area contributed by atoms with Gasteiger partial charge in [-0.1, -0.05) is 6.92 Å². The Morgan fingerprint density at radius 3 is 2.63 bits per heavy atom. The fourth-order valence-corrected chi connectivity index (χ4v) is 2.03. The van der Waals surface area contributed by atoms with Gasteiger partial charge in [-0.15, -0.1) is 0 Å². The molecule has 0 aliphatic heterocycles. The third-order valence-electron chi connectivity index (χ3n) is 2.45. The molecule has 0 unspecified atom stereocenters. The molecule has 1 rings (SSSR count). The lowest BCUT2D eigenvalue weighted by Crippen LogP contribution is -2.35. The van der Waals surface area contributed by atoms with Crippen molar-refractivity contribution in [1.29, 1.82) is 0 Å². The van der Waals surface area contributed by atoms with Crippen LogP contribution in [0.15, 0.2) is 18.2 Å². The Balaban J connectivity index is 2.56. The molecule has 0 saturated carbocycles. The third-order valence-corrected chi connectivity index (χ3v) is 3.32. The first-order valence-corrected chi connectivity index (χ1v) is 7.81. The van der Waals surface area contributed by atoms with Crippen LogP contribution in [-0.4, -0.2) is 23.7 Å². The standard InChI is InChI=1S/C15H24FNOS/c1-5-19-7-6-18-14-9-12(8-13(16)10-14)11-17-15(2,3)4/h8-10,17H,5-7,11H2,1-4H3. The molecule has 0 aliphatic rings. The van der Waals surface area contributed by atoms with Crippen LogP contribution in [0, 0.1) is 5.82 Å². The van der Waals surface area contributed by atoms with Crippen LogP contribution in [-0.2, 0) is 6.54 Å². The highest BCUT2D eigenvalue weighted by atomic mass is 32.2. The number of nitrogens with one attached hydrogen (secondary N) is 1. The molecule has 19 heavy (non-hydrogen) atoms. The number of ether oxygens (including phenoxy) is 1. The summed E-state index contributed by atoms with van der Waals surface area (Å²) in [6.07, 6.45) is 0.